The SMILES string of the molecule is O=Cc1c(Cl)cccc1N=O. The third-order valence-electron chi connectivity index (χ3n) is 1.25. The Bertz CT molecular complexity index is 298. The van der Waals surface area contributed by atoms with Gasteiger partial charge in [-0.05, 0) is 17.3 Å². The van der Waals surface area contributed by atoms with Gasteiger partial charge >= 0.3 is 0 Å². The first-order valence-corrected chi connectivity index (χ1v) is 3.24. The minimum Gasteiger partial charge on any atom is -0.298 e. The van der Waals surface area contributed by atoms with Crippen LogP contribution in [0.5, 0.6) is 0 Å². The van der Waals surface area contributed by atoms with E-state index < -0.39 is 0 Å². The number of nitroso groups, excluding NO2 is 1. The number of carbonyl (C=O) groups is 1. The molecule has 0 fully saturated rings. The molecule has 0 saturated carbocycles. The maximum atomic E-state index is 10.3. The Hall–Kier alpha value is -1.22. The lowest BCUT2D eigenvalue weighted by molar-refractivity contribution is 0.112. The summed E-state index contributed by atoms with van der Waals surface area (Å²) in [7, 11) is 0. The van der Waals surface area contributed by atoms with Gasteiger partial charge < -0.3 is 0 Å². The number of hydrogen-bond acceptors (Lipinski definition) is 3. The van der Waals surface area contributed by atoms with Crippen molar-refractivity contribution < 1.29 is 4.79 Å². The van der Waals surface area contributed by atoms with Crippen molar-refractivity contribution in [2.75, 3.05) is 0 Å². The molecule has 1 aromatic rings. The highest BCUT2D eigenvalue weighted by Gasteiger charge is 2.04. The number of benzene rings is 1. The fourth-order valence-corrected chi connectivity index (χ4v) is 0.936. The van der Waals surface area contributed by atoms with Gasteiger partial charge in [0.25, 0.3) is 0 Å². The van der Waals surface area contributed by atoms with Crippen molar-refractivity contribution in [3.63, 3.8) is 0 Å². The largest absolute Gasteiger partial charge is 0.298 e. The minimum absolute atomic E-state index is 0.0764. The van der Waals surface area contributed by atoms with Crippen molar-refractivity contribution >= 4 is 23.6 Å². The molecule has 1 rings (SSSR count). The van der Waals surface area contributed by atoms with E-state index in [4.69, 9.17) is 11.6 Å². The molecular weight excluding hydrogens is 166 g/mol. The Kier molecular flexibility index (Phi) is 2.33. The molecule has 11 heavy (non-hydrogen) atoms. The number of rotatable bonds is 2. The number of halogens is 1. The van der Waals surface area contributed by atoms with Gasteiger partial charge in [0.15, 0.2) is 6.29 Å². The number of aldehydes is 1. The molecule has 3 nitrogen and oxygen atoms in total. The standard InChI is InChI=1S/C7H4ClNO2/c8-6-2-1-3-7(9-11)5(6)4-10/h1-4H. The summed E-state index contributed by atoms with van der Waals surface area (Å²) in [6.07, 6.45) is 0.513. The molecule has 0 spiro atoms. The molecule has 0 atom stereocenters. The van der Waals surface area contributed by atoms with Gasteiger partial charge in [-0.25, -0.2) is 0 Å². The van der Waals surface area contributed by atoms with Crippen molar-refractivity contribution in [1.29, 1.82) is 0 Å². The van der Waals surface area contributed by atoms with Crippen LogP contribution in [0.2, 0.25) is 5.02 Å². The normalized spacial score (nSPS) is 9.18. The van der Waals surface area contributed by atoms with Crippen molar-refractivity contribution in [2.24, 2.45) is 5.18 Å². The Morgan fingerprint density at radius 1 is 1.45 bits per heavy atom. The zero-order valence-corrected chi connectivity index (χ0v) is 6.21. The summed E-state index contributed by atoms with van der Waals surface area (Å²) in [6.45, 7) is 0. The van der Waals surface area contributed by atoms with Gasteiger partial charge in [0.05, 0.1) is 10.6 Å². The Morgan fingerprint density at radius 2 is 2.18 bits per heavy atom. The van der Waals surface area contributed by atoms with Gasteiger partial charge in [0, 0.05) is 0 Å². The van der Waals surface area contributed by atoms with Crippen molar-refractivity contribution in [2.45, 2.75) is 0 Å². The summed E-state index contributed by atoms with van der Waals surface area (Å²) < 4.78 is 0. The van der Waals surface area contributed by atoms with Crippen molar-refractivity contribution in [1.82, 2.24) is 0 Å². The number of carbonyl (C=O) groups excluding carboxylic acids is 1. The van der Waals surface area contributed by atoms with Crippen LogP contribution in [-0.2, 0) is 0 Å². The molecule has 0 aromatic heterocycles. The van der Waals surface area contributed by atoms with Crippen LogP contribution in [0.3, 0.4) is 0 Å². The molecule has 0 saturated heterocycles. The molecule has 0 amide bonds. The van der Waals surface area contributed by atoms with E-state index in [0.29, 0.717) is 6.29 Å². The maximum absolute atomic E-state index is 10.3. The van der Waals surface area contributed by atoms with Gasteiger partial charge in [-0.3, -0.25) is 4.79 Å². The molecule has 0 unspecified atom stereocenters. The monoisotopic (exact) mass is 169 g/mol. The van der Waals surface area contributed by atoms with Crippen LogP contribution in [-0.4, -0.2) is 6.29 Å². The highest BCUT2D eigenvalue weighted by Crippen LogP contribution is 2.24. The van der Waals surface area contributed by atoms with E-state index in [-0.39, 0.29) is 16.3 Å². The van der Waals surface area contributed by atoms with E-state index in [1.54, 1.807) is 6.07 Å². The fourth-order valence-electron chi connectivity index (χ4n) is 0.722. The predicted octanol–water partition coefficient (Wildman–Crippen LogP) is 2.55. The van der Waals surface area contributed by atoms with Crippen LogP contribution < -0.4 is 0 Å². The lowest BCUT2D eigenvalue weighted by atomic mass is 10.2. The zero-order valence-electron chi connectivity index (χ0n) is 5.45. The molecule has 4 heteroatoms. The first kappa shape index (κ1) is 7.88. The highest BCUT2D eigenvalue weighted by molar-refractivity contribution is 6.33. The van der Waals surface area contributed by atoms with E-state index >= 15 is 0 Å². The summed E-state index contributed by atoms with van der Waals surface area (Å²) >= 11 is 5.58. The average Bonchev–Trinajstić information content (AvgIpc) is 2.04. The summed E-state index contributed by atoms with van der Waals surface area (Å²) in [5.41, 5.74) is 0.219. The Balaban J connectivity index is 3.35. The van der Waals surface area contributed by atoms with Crippen molar-refractivity contribution in [3.05, 3.63) is 33.7 Å². The molecule has 0 radical (unpaired) electrons. The van der Waals surface area contributed by atoms with Crippen LogP contribution in [0.1, 0.15) is 10.4 Å². The van der Waals surface area contributed by atoms with Crippen LogP contribution >= 0.6 is 11.6 Å². The number of hydrogen-bond donors (Lipinski definition) is 0. The molecule has 0 bridgehead atoms. The van der Waals surface area contributed by atoms with Crippen molar-refractivity contribution in [3.8, 4) is 0 Å². The first-order chi connectivity index (χ1) is 5.29. The number of nitrogens with zero attached hydrogens (tertiary/aromatic N) is 1. The van der Waals surface area contributed by atoms with E-state index in [1.807, 2.05) is 0 Å². The Morgan fingerprint density at radius 3 is 2.64 bits per heavy atom. The first-order valence-electron chi connectivity index (χ1n) is 2.86. The summed E-state index contributed by atoms with van der Waals surface area (Å²) in [5.74, 6) is 0. The zero-order chi connectivity index (χ0) is 8.27. The average molecular weight is 170 g/mol. The van der Waals surface area contributed by atoms with Gasteiger partial charge in [-0.15, -0.1) is 4.91 Å². The maximum Gasteiger partial charge on any atom is 0.153 e. The minimum atomic E-state index is 0.0764. The lowest BCUT2D eigenvalue weighted by Crippen LogP contribution is -1.81. The fraction of sp³-hybridized carbons (Fsp3) is 0. The van der Waals surface area contributed by atoms with E-state index in [2.05, 4.69) is 5.18 Å². The molecule has 56 valence electrons. The molecule has 0 N–H and O–H groups in total. The quantitative estimate of drug-likeness (QED) is 0.505. The van der Waals surface area contributed by atoms with E-state index in [0.717, 1.165) is 0 Å². The van der Waals surface area contributed by atoms with Crippen LogP contribution in [0, 0.1) is 4.91 Å². The van der Waals surface area contributed by atoms with E-state index in [1.165, 1.54) is 12.1 Å². The molecule has 0 aliphatic heterocycles. The Labute approximate surface area is 68.0 Å². The van der Waals surface area contributed by atoms with Gasteiger partial charge in [-0.2, -0.15) is 0 Å². The molecule has 0 aliphatic rings. The second-order valence-electron chi connectivity index (χ2n) is 1.88. The second-order valence-corrected chi connectivity index (χ2v) is 2.29. The van der Waals surface area contributed by atoms with E-state index in [9.17, 15) is 9.70 Å². The predicted molar refractivity (Wildman–Crippen MR) is 42.3 cm³/mol. The third kappa shape index (κ3) is 1.43. The highest BCUT2D eigenvalue weighted by atomic mass is 35.5. The van der Waals surface area contributed by atoms with Crippen LogP contribution in [0.4, 0.5) is 5.69 Å². The van der Waals surface area contributed by atoms with Crippen LogP contribution in [0.15, 0.2) is 23.4 Å². The third-order valence-corrected chi connectivity index (χ3v) is 1.58. The lowest BCUT2D eigenvalue weighted by Gasteiger charge is -1.95. The topological polar surface area (TPSA) is 46.5 Å². The van der Waals surface area contributed by atoms with Crippen LogP contribution in [0.25, 0.3) is 0 Å². The van der Waals surface area contributed by atoms with Gasteiger partial charge in [0.2, 0.25) is 0 Å². The van der Waals surface area contributed by atoms with Gasteiger partial charge in [0.1, 0.15) is 5.69 Å². The summed E-state index contributed by atoms with van der Waals surface area (Å²) in [6, 6.07) is 4.52. The summed E-state index contributed by atoms with van der Waals surface area (Å²) in [4.78, 5) is 20.4. The summed E-state index contributed by atoms with van der Waals surface area (Å²) in [5, 5.41) is 2.88. The van der Waals surface area contributed by atoms with Gasteiger partial charge in [-0.1, -0.05) is 17.7 Å². The molecule has 0 heterocycles. The molecule has 1 aromatic carbocycles. The smallest absolute Gasteiger partial charge is 0.153 e. The molecule has 0 aliphatic carbocycles. The second kappa shape index (κ2) is 3.25. The molecular formula is C7H4ClNO2.